The quantitative estimate of drug-likeness (QED) is 0.857. The number of carbonyl (C=O) groups is 1. The summed E-state index contributed by atoms with van der Waals surface area (Å²) < 4.78 is 20.0. The van der Waals surface area contributed by atoms with Gasteiger partial charge >= 0.3 is 0 Å². The fourth-order valence-corrected chi connectivity index (χ4v) is 1.82. The van der Waals surface area contributed by atoms with E-state index in [2.05, 4.69) is 22.6 Å². The lowest BCUT2D eigenvalue weighted by atomic mass is 10.2. The average molecular weight is 357 g/mol. The lowest BCUT2D eigenvalue weighted by Gasteiger charge is -2.09. The number of ether oxygens (including phenoxy) is 1. The number of benzene rings is 2. The monoisotopic (exact) mass is 357 g/mol. The lowest BCUT2D eigenvalue weighted by molar-refractivity contribution is 0.0994. The normalized spacial score (nSPS) is 10.1. The highest BCUT2D eigenvalue weighted by Crippen LogP contribution is 2.27. The largest absolute Gasteiger partial charge is 0.456 e. The summed E-state index contributed by atoms with van der Waals surface area (Å²) in [5.74, 6) is -0.911. The number of amides is 1. The highest BCUT2D eigenvalue weighted by molar-refractivity contribution is 14.1. The van der Waals surface area contributed by atoms with Gasteiger partial charge in [0.05, 0.1) is 0 Å². The second-order valence-corrected chi connectivity index (χ2v) is 4.78. The average Bonchev–Trinajstić information content (AvgIpc) is 2.32. The molecule has 0 heterocycles. The van der Waals surface area contributed by atoms with Crippen molar-refractivity contribution in [1.82, 2.24) is 0 Å². The van der Waals surface area contributed by atoms with Crippen molar-refractivity contribution in [3.63, 3.8) is 0 Å². The molecule has 0 aromatic heterocycles. The lowest BCUT2D eigenvalue weighted by Crippen LogP contribution is -2.14. The third kappa shape index (κ3) is 2.79. The first kappa shape index (κ1) is 12.8. The van der Waals surface area contributed by atoms with Crippen LogP contribution in [-0.2, 0) is 0 Å². The highest BCUT2D eigenvalue weighted by Gasteiger charge is 2.15. The Labute approximate surface area is 117 Å². The molecule has 0 aliphatic heterocycles. The standard InChI is InChI=1S/C13H9FINO2/c14-10-2-1-3-11(12(10)13(16)17)18-9-6-4-8(15)5-7-9/h1-7H,(H2,16,17). The summed E-state index contributed by atoms with van der Waals surface area (Å²) in [6, 6.07) is 11.3. The molecule has 0 fully saturated rings. The Bertz CT molecular complexity index is 584. The Hall–Kier alpha value is -1.63. The predicted molar refractivity (Wildman–Crippen MR) is 74.2 cm³/mol. The summed E-state index contributed by atoms with van der Waals surface area (Å²) in [6.07, 6.45) is 0. The maximum absolute atomic E-state index is 13.5. The number of rotatable bonds is 3. The summed E-state index contributed by atoms with van der Waals surface area (Å²) >= 11 is 2.16. The van der Waals surface area contributed by atoms with Crippen molar-refractivity contribution in [3.8, 4) is 11.5 Å². The van der Waals surface area contributed by atoms with Crippen molar-refractivity contribution >= 4 is 28.5 Å². The van der Waals surface area contributed by atoms with Crippen molar-refractivity contribution < 1.29 is 13.9 Å². The minimum atomic E-state index is -0.853. The molecule has 0 radical (unpaired) electrons. The van der Waals surface area contributed by atoms with Crippen LogP contribution in [0.5, 0.6) is 11.5 Å². The molecule has 0 aliphatic carbocycles. The van der Waals surface area contributed by atoms with Crippen molar-refractivity contribution in [3.05, 3.63) is 57.4 Å². The van der Waals surface area contributed by atoms with Gasteiger partial charge in [0.15, 0.2) is 0 Å². The van der Waals surface area contributed by atoms with Gasteiger partial charge in [0.25, 0.3) is 5.91 Å². The third-order valence-corrected chi connectivity index (χ3v) is 2.98. The molecule has 0 unspecified atom stereocenters. The van der Waals surface area contributed by atoms with E-state index in [1.165, 1.54) is 18.2 Å². The smallest absolute Gasteiger partial charge is 0.255 e. The van der Waals surface area contributed by atoms with E-state index in [0.717, 1.165) is 3.57 Å². The van der Waals surface area contributed by atoms with E-state index >= 15 is 0 Å². The van der Waals surface area contributed by atoms with E-state index in [0.29, 0.717) is 5.75 Å². The molecule has 0 aliphatic rings. The topological polar surface area (TPSA) is 52.3 Å². The molecule has 0 spiro atoms. The minimum absolute atomic E-state index is 0.115. The number of primary amides is 1. The van der Waals surface area contributed by atoms with Gasteiger partial charge in [-0.15, -0.1) is 0 Å². The van der Waals surface area contributed by atoms with Gasteiger partial charge in [0.1, 0.15) is 22.9 Å². The fraction of sp³-hybridized carbons (Fsp3) is 0. The molecule has 2 N–H and O–H groups in total. The molecule has 92 valence electrons. The van der Waals surface area contributed by atoms with Gasteiger partial charge in [-0.3, -0.25) is 4.79 Å². The van der Waals surface area contributed by atoms with Gasteiger partial charge in [0, 0.05) is 3.57 Å². The summed E-state index contributed by atoms with van der Waals surface area (Å²) in [5.41, 5.74) is 4.89. The van der Waals surface area contributed by atoms with Crippen LogP contribution >= 0.6 is 22.6 Å². The van der Waals surface area contributed by atoms with Crippen molar-refractivity contribution in [2.75, 3.05) is 0 Å². The van der Waals surface area contributed by atoms with Gasteiger partial charge in [0.2, 0.25) is 0 Å². The second-order valence-electron chi connectivity index (χ2n) is 3.53. The minimum Gasteiger partial charge on any atom is -0.456 e. The van der Waals surface area contributed by atoms with Gasteiger partial charge in [-0.1, -0.05) is 6.07 Å². The number of hydrogen-bond acceptors (Lipinski definition) is 2. The van der Waals surface area contributed by atoms with E-state index in [-0.39, 0.29) is 11.3 Å². The van der Waals surface area contributed by atoms with Crippen LogP contribution in [0.15, 0.2) is 42.5 Å². The first-order chi connectivity index (χ1) is 8.58. The Morgan fingerprint density at radius 1 is 1.17 bits per heavy atom. The third-order valence-electron chi connectivity index (χ3n) is 2.26. The molecule has 0 bridgehead atoms. The molecule has 0 saturated heterocycles. The van der Waals surface area contributed by atoms with Crippen LogP contribution in [0.25, 0.3) is 0 Å². The van der Waals surface area contributed by atoms with E-state index in [4.69, 9.17) is 10.5 Å². The van der Waals surface area contributed by atoms with E-state index in [1.54, 1.807) is 12.1 Å². The molecule has 2 rings (SSSR count). The van der Waals surface area contributed by atoms with Gasteiger partial charge in [-0.2, -0.15) is 0 Å². The van der Waals surface area contributed by atoms with Crippen LogP contribution in [0, 0.1) is 9.39 Å². The van der Waals surface area contributed by atoms with Crippen LogP contribution in [-0.4, -0.2) is 5.91 Å². The van der Waals surface area contributed by atoms with Crippen molar-refractivity contribution in [2.45, 2.75) is 0 Å². The number of nitrogens with two attached hydrogens (primary N) is 1. The highest BCUT2D eigenvalue weighted by atomic mass is 127. The van der Waals surface area contributed by atoms with Gasteiger partial charge in [-0.25, -0.2) is 4.39 Å². The fourth-order valence-electron chi connectivity index (χ4n) is 1.46. The maximum Gasteiger partial charge on any atom is 0.255 e. The zero-order valence-electron chi connectivity index (χ0n) is 9.19. The molecule has 3 nitrogen and oxygen atoms in total. The molecular formula is C13H9FINO2. The molecule has 2 aromatic carbocycles. The molecule has 5 heteroatoms. The van der Waals surface area contributed by atoms with E-state index in [1.807, 2.05) is 12.1 Å². The van der Waals surface area contributed by atoms with Crippen LogP contribution in [0.1, 0.15) is 10.4 Å². The summed E-state index contributed by atoms with van der Waals surface area (Å²) in [4.78, 5) is 11.2. The molecule has 2 aromatic rings. The molecule has 0 saturated carbocycles. The molecular weight excluding hydrogens is 348 g/mol. The predicted octanol–water partition coefficient (Wildman–Crippen LogP) is 3.32. The van der Waals surface area contributed by atoms with Crippen LogP contribution in [0.4, 0.5) is 4.39 Å². The van der Waals surface area contributed by atoms with Crippen molar-refractivity contribution in [2.24, 2.45) is 5.73 Å². The number of hydrogen-bond donors (Lipinski definition) is 1. The SMILES string of the molecule is NC(=O)c1c(F)cccc1Oc1ccc(I)cc1. The van der Waals surface area contributed by atoms with E-state index in [9.17, 15) is 9.18 Å². The zero-order valence-corrected chi connectivity index (χ0v) is 11.3. The Morgan fingerprint density at radius 3 is 2.44 bits per heavy atom. The van der Waals surface area contributed by atoms with Gasteiger partial charge < -0.3 is 10.5 Å². The van der Waals surface area contributed by atoms with Crippen molar-refractivity contribution in [1.29, 1.82) is 0 Å². The second kappa shape index (κ2) is 5.34. The van der Waals surface area contributed by atoms with Crippen LogP contribution in [0.2, 0.25) is 0 Å². The summed E-state index contributed by atoms with van der Waals surface area (Å²) in [6.45, 7) is 0. The number of carbonyl (C=O) groups excluding carboxylic acids is 1. The van der Waals surface area contributed by atoms with Crippen LogP contribution < -0.4 is 10.5 Å². The number of halogens is 2. The Kier molecular flexibility index (Phi) is 3.81. The maximum atomic E-state index is 13.5. The van der Waals surface area contributed by atoms with Crippen LogP contribution in [0.3, 0.4) is 0 Å². The Balaban J connectivity index is 2.37. The Morgan fingerprint density at radius 2 is 1.83 bits per heavy atom. The van der Waals surface area contributed by atoms with E-state index < -0.39 is 11.7 Å². The molecule has 1 amide bonds. The van der Waals surface area contributed by atoms with Gasteiger partial charge in [-0.05, 0) is 59.0 Å². The first-order valence-corrected chi connectivity index (χ1v) is 6.17. The first-order valence-electron chi connectivity index (χ1n) is 5.09. The summed E-state index contributed by atoms with van der Waals surface area (Å²) in [5, 5.41) is 0. The molecule has 18 heavy (non-hydrogen) atoms. The molecule has 0 atom stereocenters. The zero-order chi connectivity index (χ0) is 13.1. The summed E-state index contributed by atoms with van der Waals surface area (Å²) in [7, 11) is 0.